The van der Waals surface area contributed by atoms with E-state index in [9.17, 15) is 9.59 Å². The van der Waals surface area contributed by atoms with Gasteiger partial charge in [0, 0.05) is 17.6 Å². The van der Waals surface area contributed by atoms with Crippen molar-refractivity contribution in [3.8, 4) is 0 Å². The second-order valence-corrected chi connectivity index (χ2v) is 10.4. The minimum absolute atomic E-state index is 0.0429. The Labute approximate surface area is 176 Å². The van der Waals surface area contributed by atoms with Crippen molar-refractivity contribution in [3.63, 3.8) is 0 Å². The lowest BCUT2D eigenvalue weighted by Crippen LogP contribution is -2.38. The molecular formula is C22H32BrNO4. The smallest absolute Gasteiger partial charge is 0.410 e. The molecule has 0 N–H and O–H groups in total. The Morgan fingerprint density at radius 1 is 1.14 bits per heavy atom. The maximum atomic E-state index is 13.0. The van der Waals surface area contributed by atoms with Gasteiger partial charge in [-0.2, -0.15) is 0 Å². The van der Waals surface area contributed by atoms with E-state index in [1.54, 1.807) is 4.90 Å². The molecule has 2 atom stereocenters. The Balaban J connectivity index is 2.15. The Morgan fingerprint density at radius 3 is 2.36 bits per heavy atom. The molecule has 0 aromatic heterocycles. The number of amides is 1. The summed E-state index contributed by atoms with van der Waals surface area (Å²) in [5.74, 6) is -0.467. The summed E-state index contributed by atoms with van der Waals surface area (Å²) in [5.41, 5.74) is -0.00694. The molecule has 0 saturated carbocycles. The maximum Gasteiger partial charge on any atom is 0.410 e. The second kappa shape index (κ2) is 8.85. The van der Waals surface area contributed by atoms with Crippen molar-refractivity contribution in [1.29, 1.82) is 0 Å². The van der Waals surface area contributed by atoms with E-state index in [1.165, 1.54) is 0 Å². The van der Waals surface area contributed by atoms with Crippen LogP contribution in [0.5, 0.6) is 0 Å². The first-order valence-corrected chi connectivity index (χ1v) is 10.6. The van der Waals surface area contributed by atoms with Crippen LogP contribution in [-0.2, 0) is 20.7 Å². The molecule has 0 aliphatic carbocycles. The van der Waals surface area contributed by atoms with E-state index in [-0.39, 0.29) is 23.9 Å². The van der Waals surface area contributed by atoms with Crippen LogP contribution in [0.1, 0.15) is 53.5 Å². The highest BCUT2D eigenvalue weighted by Gasteiger charge is 2.39. The van der Waals surface area contributed by atoms with Crippen LogP contribution in [0.2, 0.25) is 0 Å². The molecule has 2 rings (SSSR count). The Morgan fingerprint density at radius 2 is 1.79 bits per heavy atom. The molecular weight excluding hydrogens is 422 g/mol. The predicted molar refractivity (Wildman–Crippen MR) is 113 cm³/mol. The van der Waals surface area contributed by atoms with E-state index in [2.05, 4.69) is 15.9 Å². The standard InChI is InChI=1S/C22H32BrNO4/c1-21(2,3)27-19(25)18(13-15-8-7-9-17(23)12-15)16-10-11-24(14-16)20(26)28-22(4,5)6/h7-9,12,16,18H,10-11,13-14H2,1-6H3/t16-,18+/m1/s1. The van der Waals surface area contributed by atoms with E-state index >= 15 is 0 Å². The van der Waals surface area contributed by atoms with E-state index in [0.717, 1.165) is 16.5 Å². The van der Waals surface area contributed by atoms with Crippen LogP contribution in [0, 0.1) is 11.8 Å². The fourth-order valence-corrected chi connectivity index (χ4v) is 3.79. The highest BCUT2D eigenvalue weighted by Crippen LogP contribution is 2.31. The fourth-order valence-electron chi connectivity index (χ4n) is 3.35. The summed E-state index contributed by atoms with van der Waals surface area (Å²) in [6.45, 7) is 12.3. The van der Waals surface area contributed by atoms with Gasteiger partial charge in [-0.25, -0.2) is 4.79 Å². The zero-order chi connectivity index (χ0) is 21.1. The van der Waals surface area contributed by atoms with Crippen molar-refractivity contribution in [3.05, 3.63) is 34.3 Å². The average molecular weight is 454 g/mol. The molecule has 156 valence electrons. The third-order valence-electron chi connectivity index (χ3n) is 4.50. The second-order valence-electron chi connectivity index (χ2n) is 9.45. The molecule has 0 radical (unpaired) electrons. The van der Waals surface area contributed by atoms with Gasteiger partial charge < -0.3 is 14.4 Å². The van der Waals surface area contributed by atoms with Gasteiger partial charge in [0.15, 0.2) is 0 Å². The van der Waals surface area contributed by atoms with Crippen molar-refractivity contribution in [2.24, 2.45) is 11.8 Å². The lowest BCUT2D eigenvalue weighted by Gasteiger charge is -2.28. The third kappa shape index (κ3) is 7.12. The monoisotopic (exact) mass is 453 g/mol. The van der Waals surface area contributed by atoms with Gasteiger partial charge in [-0.05, 0) is 78.0 Å². The van der Waals surface area contributed by atoms with E-state index < -0.39 is 11.2 Å². The third-order valence-corrected chi connectivity index (χ3v) is 4.99. The normalized spacial score (nSPS) is 18.7. The molecule has 28 heavy (non-hydrogen) atoms. The number of halogens is 1. The van der Waals surface area contributed by atoms with Crippen LogP contribution in [0.4, 0.5) is 4.79 Å². The van der Waals surface area contributed by atoms with Crippen LogP contribution in [0.3, 0.4) is 0 Å². The summed E-state index contributed by atoms with van der Waals surface area (Å²) in [6, 6.07) is 7.97. The fraction of sp³-hybridized carbons (Fsp3) is 0.636. The van der Waals surface area contributed by atoms with Crippen molar-refractivity contribution < 1.29 is 19.1 Å². The highest BCUT2D eigenvalue weighted by molar-refractivity contribution is 9.10. The quantitative estimate of drug-likeness (QED) is 0.587. The Kier molecular flexibility index (Phi) is 7.18. The maximum absolute atomic E-state index is 13.0. The number of hydrogen-bond donors (Lipinski definition) is 0. The topological polar surface area (TPSA) is 55.8 Å². The number of carbonyl (C=O) groups is 2. The number of benzene rings is 1. The van der Waals surface area contributed by atoms with Gasteiger partial charge in [0.05, 0.1) is 5.92 Å². The van der Waals surface area contributed by atoms with Crippen LogP contribution < -0.4 is 0 Å². The molecule has 1 aliphatic heterocycles. The number of carbonyl (C=O) groups excluding carboxylic acids is 2. The molecule has 1 amide bonds. The summed E-state index contributed by atoms with van der Waals surface area (Å²) in [5, 5.41) is 0. The van der Waals surface area contributed by atoms with Crippen molar-refractivity contribution >= 4 is 28.0 Å². The summed E-state index contributed by atoms with van der Waals surface area (Å²) >= 11 is 3.49. The molecule has 1 saturated heterocycles. The molecule has 0 unspecified atom stereocenters. The predicted octanol–water partition coefficient (Wildman–Crippen LogP) is 5.21. The summed E-state index contributed by atoms with van der Waals surface area (Å²) < 4.78 is 12.2. The molecule has 1 aliphatic rings. The SMILES string of the molecule is CC(C)(C)OC(=O)[C@@H](Cc1cccc(Br)c1)[C@@H]1CCN(C(=O)OC(C)(C)C)C1. The van der Waals surface area contributed by atoms with Gasteiger partial charge in [-0.15, -0.1) is 0 Å². The Bertz CT molecular complexity index is 705. The van der Waals surface area contributed by atoms with Crippen LogP contribution >= 0.6 is 15.9 Å². The van der Waals surface area contributed by atoms with Gasteiger partial charge in [0.1, 0.15) is 11.2 Å². The summed E-state index contributed by atoms with van der Waals surface area (Å²) in [7, 11) is 0. The van der Waals surface area contributed by atoms with Gasteiger partial charge in [-0.3, -0.25) is 4.79 Å². The zero-order valence-corrected chi connectivity index (χ0v) is 19.3. The number of esters is 1. The number of ether oxygens (including phenoxy) is 2. The lowest BCUT2D eigenvalue weighted by molar-refractivity contribution is -0.161. The molecule has 6 heteroatoms. The van der Waals surface area contributed by atoms with E-state index in [1.807, 2.05) is 65.8 Å². The summed E-state index contributed by atoms with van der Waals surface area (Å²) in [6.07, 6.45) is 1.03. The molecule has 1 heterocycles. The van der Waals surface area contributed by atoms with Gasteiger partial charge in [0.25, 0.3) is 0 Å². The first-order chi connectivity index (χ1) is 12.8. The molecule has 5 nitrogen and oxygen atoms in total. The van der Waals surface area contributed by atoms with Gasteiger partial charge >= 0.3 is 12.1 Å². The first-order valence-electron chi connectivity index (χ1n) is 9.79. The summed E-state index contributed by atoms with van der Waals surface area (Å²) in [4.78, 5) is 27.1. The van der Waals surface area contributed by atoms with E-state index in [4.69, 9.17) is 9.47 Å². The number of rotatable bonds is 4. The largest absolute Gasteiger partial charge is 0.460 e. The van der Waals surface area contributed by atoms with E-state index in [0.29, 0.717) is 19.5 Å². The molecule has 0 bridgehead atoms. The number of hydrogen-bond acceptors (Lipinski definition) is 4. The van der Waals surface area contributed by atoms with Gasteiger partial charge in [0.2, 0.25) is 0 Å². The van der Waals surface area contributed by atoms with Crippen LogP contribution in [0.15, 0.2) is 28.7 Å². The van der Waals surface area contributed by atoms with Gasteiger partial charge in [-0.1, -0.05) is 28.1 Å². The molecule has 0 spiro atoms. The number of likely N-dealkylation sites (tertiary alicyclic amines) is 1. The molecule has 1 fully saturated rings. The highest BCUT2D eigenvalue weighted by atomic mass is 79.9. The molecule has 1 aromatic carbocycles. The number of nitrogens with zero attached hydrogens (tertiary/aromatic N) is 1. The zero-order valence-electron chi connectivity index (χ0n) is 17.8. The first kappa shape index (κ1) is 22.7. The molecule has 1 aromatic rings. The minimum atomic E-state index is -0.546. The van der Waals surface area contributed by atoms with Crippen molar-refractivity contribution in [1.82, 2.24) is 4.90 Å². The Hall–Kier alpha value is -1.56. The van der Waals surface area contributed by atoms with Crippen LogP contribution in [-0.4, -0.2) is 41.3 Å². The van der Waals surface area contributed by atoms with Crippen molar-refractivity contribution in [2.75, 3.05) is 13.1 Å². The minimum Gasteiger partial charge on any atom is -0.460 e. The average Bonchev–Trinajstić information content (AvgIpc) is 2.99. The van der Waals surface area contributed by atoms with Crippen LogP contribution in [0.25, 0.3) is 0 Å². The van der Waals surface area contributed by atoms with Crippen molar-refractivity contribution in [2.45, 2.75) is 65.6 Å². The lowest BCUT2D eigenvalue weighted by atomic mass is 9.86.